The largest absolute Gasteiger partial charge is 0.348 e. The van der Waals surface area contributed by atoms with E-state index in [2.05, 4.69) is 31.7 Å². The van der Waals surface area contributed by atoms with Crippen molar-refractivity contribution in [2.45, 2.75) is 25.4 Å². The molecule has 2 aromatic rings. The van der Waals surface area contributed by atoms with E-state index < -0.39 is 0 Å². The SMILES string of the molecule is Clc1cncc(N(Cc2ccsc2)C2CC2)n1. The summed E-state index contributed by atoms with van der Waals surface area (Å²) in [6.07, 6.45) is 5.83. The number of halogens is 1. The fourth-order valence-corrected chi connectivity index (χ4v) is 2.64. The minimum absolute atomic E-state index is 0.457. The molecule has 3 rings (SSSR count). The van der Waals surface area contributed by atoms with Gasteiger partial charge in [0.25, 0.3) is 0 Å². The number of nitrogens with zero attached hydrogens (tertiary/aromatic N) is 3. The van der Waals surface area contributed by atoms with Gasteiger partial charge in [-0.1, -0.05) is 11.6 Å². The Morgan fingerprint density at radius 3 is 2.94 bits per heavy atom. The first-order valence-corrected chi connectivity index (χ1v) is 6.90. The summed E-state index contributed by atoms with van der Waals surface area (Å²) in [5.74, 6) is 0.881. The first kappa shape index (κ1) is 11.0. The van der Waals surface area contributed by atoms with Gasteiger partial charge in [-0.2, -0.15) is 11.3 Å². The van der Waals surface area contributed by atoms with Crippen molar-refractivity contribution in [1.29, 1.82) is 0 Å². The number of anilines is 1. The third-order valence-corrected chi connectivity index (χ3v) is 3.72. The second kappa shape index (κ2) is 4.63. The summed E-state index contributed by atoms with van der Waals surface area (Å²) in [7, 11) is 0. The van der Waals surface area contributed by atoms with Crippen molar-refractivity contribution in [3.8, 4) is 0 Å². The van der Waals surface area contributed by atoms with E-state index in [0.29, 0.717) is 11.2 Å². The summed E-state index contributed by atoms with van der Waals surface area (Å²) in [6.45, 7) is 0.892. The van der Waals surface area contributed by atoms with Crippen molar-refractivity contribution in [1.82, 2.24) is 9.97 Å². The molecule has 88 valence electrons. The van der Waals surface area contributed by atoms with Gasteiger partial charge in [-0.3, -0.25) is 4.98 Å². The molecule has 0 unspecified atom stereocenters. The van der Waals surface area contributed by atoms with E-state index in [0.717, 1.165) is 12.4 Å². The second-order valence-electron chi connectivity index (χ2n) is 4.19. The Morgan fingerprint density at radius 1 is 1.41 bits per heavy atom. The minimum atomic E-state index is 0.457. The summed E-state index contributed by atoms with van der Waals surface area (Å²) in [5, 5.41) is 4.73. The normalized spacial score (nSPS) is 14.9. The Kier molecular flexibility index (Phi) is 2.99. The molecular weight excluding hydrogens is 254 g/mol. The molecule has 1 aliphatic rings. The van der Waals surface area contributed by atoms with Crippen LogP contribution in [-0.4, -0.2) is 16.0 Å². The smallest absolute Gasteiger partial charge is 0.149 e. The first-order chi connectivity index (χ1) is 8.33. The molecule has 2 heterocycles. The van der Waals surface area contributed by atoms with E-state index in [1.165, 1.54) is 18.4 Å². The van der Waals surface area contributed by atoms with Gasteiger partial charge in [-0.05, 0) is 35.2 Å². The maximum Gasteiger partial charge on any atom is 0.149 e. The van der Waals surface area contributed by atoms with Gasteiger partial charge < -0.3 is 4.90 Å². The highest BCUT2D eigenvalue weighted by Gasteiger charge is 2.30. The van der Waals surface area contributed by atoms with Gasteiger partial charge in [0, 0.05) is 12.6 Å². The molecule has 1 saturated carbocycles. The molecule has 0 atom stereocenters. The van der Waals surface area contributed by atoms with E-state index in [9.17, 15) is 0 Å². The predicted octanol–water partition coefficient (Wildman–Crippen LogP) is 3.36. The third-order valence-electron chi connectivity index (χ3n) is 2.81. The highest BCUT2D eigenvalue weighted by atomic mass is 35.5. The maximum absolute atomic E-state index is 5.90. The number of rotatable bonds is 4. The van der Waals surface area contributed by atoms with Crippen LogP contribution in [0.3, 0.4) is 0 Å². The quantitative estimate of drug-likeness (QED) is 0.849. The molecule has 0 spiro atoms. The van der Waals surface area contributed by atoms with Crippen LogP contribution in [0.4, 0.5) is 5.82 Å². The molecule has 1 aliphatic carbocycles. The van der Waals surface area contributed by atoms with Crippen molar-refractivity contribution in [2.75, 3.05) is 4.90 Å². The summed E-state index contributed by atoms with van der Waals surface area (Å²) in [6, 6.07) is 2.75. The lowest BCUT2D eigenvalue weighted by molar-refractivity contribution is 0.776. The lowest BCUT2D eigenvalue weighted by atomic mass is 10.3. The Hall–Kier alpha value is -1.13. The Bertz CT molecular complexity index is 496. The zero-order valence-corrected chi connectivity index (χ0v) is 10.8. The monoisotopic (exact) mass is 265 g/mol. The van der Waals surface area contributed by atoms with E-state index in [4.69, 9.17) is 11.6 Å². The van der Waals surface area contributed by atoms with E-state index >= 15 is 0 Å². The number of hydrogen-bond acceptors (Lipinski definition) is 4. The zero-order valence-electron chi connectivity index (χ0n) is 9.21. The lowest BCUT2D eigenvalue weighted by Gasteiger charge is -2.22. The van der Waals surface area contributed by atoms with Gasteiger partial charge >= 0.3 is 0 Å². The molecule has 3 nitrogen and oxygen atoms in total. The van der Waals surface area contributed by atoms with Crippen molar-refractivity contribution < 1.29 is 0 Å². The van der Waals surface area contributed by atoms with Gasteiger partial charge in [0.05, 0.1) is 12.4 Å². The van der Waals surface area contributed by atoms with Crippen LogP contribution < -0.4 is 4.90 Å². The highest BCUT2D eigenvalue weighted by molar-refractivity contribution is 7.07. The average Bonchev–Trinajstić information content (AvgIpc) is 3.03. The Morgan fingerprint density at radius 2 is 2.29 bits per heavy atom. The van der Waals surface area contributed by atoms with Gasteiger partial charge in [-0.15, -0.1) is 0 Å². The van der Waals surface area contributed by atoms with Gasteiger partial charge in [-0.25, -0.2) is 4.98 Å². The number of aromatic nitrogens is 2. The molecule has 1 fully saturated rings. The molecule has 5 heteroatoms. The maximum atomic E-state index is 5.90. The molecule has 0 amide bonds. The molecule has 0 bridgehead atoms. The number of hydrogen-bond donors (Lipinski definition) is 0. The molecule has 0 N–H and O–H groups in total. The van der Waals surface area contributed by atoms with E-state index in [1.54, 1.807) is 23.7 Å². The van der Waals surface area contributed by atoms with Crippen molar-refractivity contribution in [3.63, 3.8) is 0 Å². The molecule has 0 radical (unpaired) electrons. The molecular formula is C12H12ClN3S. The highest BCUT2D eigenvalue weighted by Crippen LogP contribution is 2.32. The summed E-state index contributed by atoms with van der Waals surface area (Å²) < 4.78 is 0. The second-order valence-corrected chi connectivity index (χ2v) is 5.36. The zero-order chi connectivity index (χ0) is 11.7. The Labute approximate surface area is 109 Å². The van der Waals surface area contributed by atoms with Gasteiger partial charge in [0.2, 0.25) is 0 Å². The van der Waals surface area contributed by atoms with Crippen molar-refractivity contribution in [3.05, 3.63) is 39.9 Å². The topological polar surface area (TPSA) is 29.0 Å². The average molecular weight is 266 g/mol. The third kappa shape index (κ3) is 2.58. The lowest BCUT2D eigenvalue weighted by Crippen LogP contribution is -2.25. The van der Waals surface area contributed by atoms with Gasteiger partial charge in [0.1, 0.15) is 11.0 Å². The molecule has 0 saturated heterocycles. The molecule has 0 aliphatic heterocycles. The molecule has 2 aromatic heterocycles. The molecule has 0 aromatic carbocycles. The van der Waals surface area contributed by atoms with E-state index in [-0.39, 0.29) is 0 Å². The molecule has 17 heavy (non-hydrogen) atoms. The predicted molar refractivity (Wildman–Crippen MR) is 70.6 cm³/mol. The van der Waals surface area contributed by atoms with Crippen LogP contribution in [0.15, 0.2) is 29.2 Å². The van der Waals surface area contributed by atoms with Crippen LogP contribution in [0.1, 0.15) is 18.4 Å². The van der Waals surface area contributed by atoms with E-state index in [1.807, 2.05) is 0 Å². The van der Waals surface area contributed by atoms with Crippen LogP contribution in [0.2, 0.25) is 5.15 Å². The Balaban J connectivity index is 1.85. The minimum Gasteiger partial charge on any atom is -0.348 e. The summed E-state index contributed by atoms with van der Waals surface area (Å²) >= 11 is 7.62. The van der Waals surface area contributed by atoms with Crippen molar-refractivity contribution >= 4 is 28.8 Å². The van der Waals surface area contributed by atoms with Gasteiger partial charge in [0.15, 0.2) is 0 Å². The van der Waals surface area contributed by atoms with Crippen LogP contribution in [0, 0.1) is 0 Å². The summed E-state index contributed by atoms with van der Waals surface area (Å²) in [4.78, 5) is 10.8. The van der Waals surface area contributed by atoms with Crippen LogP contribution >= 0.6 is 22.9 Å². The van der Waals surface area contributed by atoms with Crippen molar-refractivity contribution in [2.24, 2.45) is 0 Å². The van der Waals surface area contributed by atoms with Crippen LogP contribution in [0.5, 0.6) is 0 Å². The standard InChI is InChI=1S/C12H12ClN3S/c13-11-5-14-6-12(15-11)16(10-1-2-10)7-9-3-4-17-8-9/h3-6,8,10H,1-2,7H2. The number of thiophene rings is 1. The van der Waals surface area contributed by atoms with Crippen LogP contribution in [-0.2, 0) is 6.54 Å². The first-order valence-electron chi connectivity index (χ1n) is 5.58. The summed E-state index contributed by atoms with van der Waals surface area (Å²) in [5.41, 5.74) is 1.32. The van der Waals surface area contributed by atoms with Crippen LogP contribution in [0.25, 0.3) is 0 Å². The fourth-order valence-electron chi connectivity index (χ4n) is 1.83. The fraction of sp³-hybridized carbons (Fsp3) is 0.333.